The molecule has 3 nitrogen and oxygen atoms in total. The van der Waals surface area contributed by atoms with Gasteiger partial charge >= 0.3 is 0 Å². The Labute approximate surface area is 90.8 Å². The van der Waals surface area contributed by atoms with Gasteiger partial charge in [0.25, 0.3) is 0 Å². The standard InChI is InChI=1S/C7H8ClN3S2/c1-9-7(12)11-10-4-5-2-3-6(8)13-5/h2-4H,1H3,(H2,9,11,12)/b10-4+. The molecule has 0 aliphatic carbocycles. The molecule has 1 aromatic rings. The lowest BCUT2D eigenvalue weighted by Crippen LogP contribution is -2.28. The van der Waals surface area contributed by atoms with E-state index in [1.54, 1.807) is 13.3 Å². The van der Waals surface area contributed by atoms with Crippen molar-refractivity contribution in [3.05, 3.63) is 21.3 Å². The van der Waals surface area contributed by atoms with Crippen LogP contribution in [0.5, 0.6) is 0 Å². The van der Waals surface area contributed by atoms with Crippen molar-refractivity contribution >= 4 is 46.5 Å². The number of rotatable bonds is 2. The highest BCUT2D eigenvalue weighted by molar-refractivity contribution is 7.80. The molecule has 0 fully saturated rings. The third-order valence-electron chi connectivity index (χ3n) is 1.18. The molecule has 70 valence electrons. The summed E-state index contributed by atoms with van der Waals surface area (Å²) in [6.07, 6.45) is 1.67. The van der Waals surface area contributed by atoms with Crippen LogP contribution in [0.3, 0.4) is 0 Å². The summed E-state index contributed by atoms with van der Waals surface area (Å²) in [6, 6.07) is 3.71. The average Bonchev–Trinajstić information content (AvgIpc) is 2.51. The van der Waals surface area contributed by atoms with Crippen LogP contribution in [0.25, 0.3) is 0 Å². The van der Waals surface area contributed by atoms with Crippen LogP contribution in [0.4, 0.5) is 0 Å². The molecule has 1 aromatic heterocycles. The lowest BCUT2D eigenvalue weighted by Gasteiger charge is -1.98. The van der Waals surface area contributed by atoms with E-state index in [2.05, 4.69) is 15.8 Å². The van der Waals surface area contributed by atoms with E-state index in [1.807, 2.05) is 12.1 Å². The number of nitrogens with zero attached hydrogens (tertiary/aromatic N) is 1. The second kappa shape index (κ2) is 5.16. The summed E-state index contributed by atoms with van der Waals surface area (Å²) in [5.41, 5.74) is 2.64. The number of hydrogen-bond donors (Lipinski definition) is 2. The van der Waals surface area contributed by atoms with Gasteiger partial charge < -0.3 is 5.32 Å². The van der Waals surface area contributed by atoms with E-state index in [4.69, 9.17) is 23.8 Å². The highest BCUT2D eigenvalue weighted by atomic mass is 35.5. The van der Waals surface area contributed by atoms with Crippen molar-refractivity contribution in [1.29, 1.82) is 0 Å². The molecule has 0 aliphatic heterocycles. The minimum absolute atomic E-state index is 0.485. The summed E-state index contributed by atoms with van der Waals surface area (Å²) in [6.45, 7) is 0. The zero-order valence-electron chi connectivity index (χ0n) is 6.87. The number of thiophene rings is 1. The zero-order valence-corrected chi connectivity index (χ0v) is 9.26. The number of thiocarbonyl (C=S) groups is 1. The number of hydrazone groups is 1. The SMILES string of the molecule is CNC(=S)N/N=C/c1ccc(Cl)s1. The molecule has 1 rings (SSSR count). The third kappa shape index (κ3) is 3.71. The predicted molar refractivity (Wildman–Crippen MR) is 61.7 cm³/mol. The van der Waals surface area contributed by atoms with Gasteiger partial charge in [-0.25, -0.2) is 0 Å². The molecule has 0 aliphatic rings. The first-order valence-corrected chi connectivity index (χ1v) is 5.09. The fourth-order valence-electron chi connectivity index (χ4n) is 0.608. The molecule has 0 saturated heterocycles. The lowest BCUT2D eigenvalue weighted by atomic mass is 10.5. The fourth-order valence-corrected chi connectivity index (χ4v) is 1.59. The van der Waals surface area contributed by atoms with Crippen molar-refractivity contribution in [2.75, 3.05) is 7.05 Å². The van der Waals surface area contributed by atoms with Crippen molar-refractivity contribution in [3.8, 4) is 0 Å². The molecule has 0 unspecified atom stereocenters. The second-order valence-electron chi connectivity index (χ2n) is 2.09. The summed E-state index contributed by atoms with van der Waals surface area (Å²) in [5.74, 6) is 0. The largest absolute Gasteiger partial charge is 0.364 e. The smallest absolute Gasteiger partial charge is 0.186 e. The highest BCUT2D eigenvalue weighted by Gasteiger charge is 1.93. The summed E-state index contributed by atoms with van der Waals surface area (Å²) in [7, 11) is 1.73. The van der Waals surface area contributed by atoms with Crippen molar-refractivity contribution in [3.63, 3.8) is 0 Å². The molecule has 0 aromatic carbocycles. The van der Waals surface area contributed by atoms with Gasteiger partial charge in [-0.3, -0.25) is 5.43 Å². The Kier molecular flexibility index (Phi) is 4.14. The first-order valence-electron chi connectivity index (χ1n) is 3.48. The monoisotopic (exact) mass is 233 g/mol. The topological polar surface area (TPSA) is 36.4 Å². The van der Waals surface area contributed by atoms with E-state index in [1.165, 1.54) is 11.3 Å². The van der Waals surface area contributed by atoms with Crippen LogP contribution in [0.1, 0.15) is 4.88 Å². The molecular formula is C7H8ClN3S2. The molecule has 0 amide bonds. The first kappa shape index (κ1) is 10.4. The van der Waals surface area contributed by atoms with Gasteiger partial charge in [0.2, 0.25) is 0 Å². The van der Waals surface area contributed by atoms with Gasteiger partial charge in [-0.15, -0.1) is 11.3 Å². The van der Waals surface area contributed by atoms with Gasteiger partial charge in [0.1, 0.15) is 0 Å². The third-order valence-corrected chi connectivity index (χ3v) is 2.64. The van der Waals surface area contributed by atoms with Crippen molar-refractivity contribution in [2.45, 2.75) is 0 Å². The van der Waals surface area contributed by atoms with Crippen molar-refractivity contribution in [1.82, 2.24) is 10.7 Å². The van der Waals surface area contributed by atoms with E-state index in [0.29, 0.717) is 5.11 Å². The zero-order chi connectivity index (χ0) is 9.68. The molecule has 0 atom stereocenters. The number of halogens is 1. The molecule has 2 N–H and O–H groups in total. The van der Waals surface area contributed by atoms with Gasteiger partial charge in [0.15, 0.2) is 5.11 Å². The van der Waals surface area contributed by atoms with Crippen LogP contribution in [-0.4, -0.2) is 18.4 Å². The van der Waals surface area contributed by atoms with E-state index in [-0.39, 0.29) is 0 Å². The minimum Gasteiger partial charge on any atom is -0.364 e. The van der Waals surface area contributed by atoms with Gasteiger partial charge in [0, 0.05) is 11.9 Å². The Morgan fingerprint density at radius 2 is 2.46 bits per heavy atom. The maximum absolute atomic E-state index is 5.73. The Morgan fingerprint density at radius 3 is 3.00 bits per heavy atom. The highest BCUT2D eigenvalue weighted by Crippen LogP contribution is 2.19. The summed E-state index contributed by atoms with van der Waals surface area (Å²) in [5, 5.41) is 7.12. The molecule has 13 heavy (non-hydrogen) atoms. The molecule has 1 heterocycles. The summed E-state index contributed by atoms with van der Waals surface area (Å²) in [4.78, 5) is 0.983. The summed E-state index contributed by atoms with van der Waals surface area (Å²) >= 11 is 12.0. The fraction of sp³-hybridized carbons (Fsp3) is 0.143. The minimum atomic E-state index is 0.485. The Bertz CT molecular complexity index is 321. The molecule has 6 heteroatoms. The first-order chi connectivity index (χ1) is 6.22. The van der Waals surface area contributed by atoms with Crippen LogP contribution in [0.15, 0.2) is 17.2 Å². The van der Waals surface area contributed by atoms with E-state index in [9.17, 15) is 0 Å². The molecular weight excluding hydrogens is 226 g/mol. The van der Waals surface area contributed by atoms with Crippen LogP contribution in [-0.2, 0) is 0 Å². The Morgan fingerprint density at radius 1 is 1.69 bits per heavy atom. The van der Waals surface area contributed by atoms with Gasteiger partial charge in [0.05, 0.1) is 10.6 Å². The van der Waals surface area contributed by atoms with Crippen LogP contribution < -0.4 is 10.7 Å². The normalized spacial score (nSPS) is 10.3. The van der Waals surface area contributed by atoms with E-state index < -0.39 is 0 Å². The maximum Gasteiger partial charge on any atom is 0.186 e. The Balaban J connectivity index is 2.45. The number of hydrogen-bond acceptors (Lipinski definition) is 3. The predicted octanol–water partition coefficient (Wildman–Crippen LogP) is 1.83. The van der Waals surface area contributed by atoms with Crippen LogP contribution >= 0.6 is 35.2 Å². The number of nitrogens with one attached hydrogen (secondary N) is 2. The summed E-state index contributed by atoms with van der Waals surface area (Å²) < 4.78 is 0.748. The van der Waals surface area contributed by atoms with Crippen LogP contribution in [0.2, 0.25) is 4.34 Å². The lowest BCUT2D eigenvalue weighted by molar-refractivity contribution is 0.982. The Hall–Kier alpha value is -0.650. The van der Waals surface area contributed by atoms with Crippen LogP contribution in [0, 0.1) is 0 Å². The van der Waals surface area contributed by atoms with Gasteiger partial charge in [-0.05, 0) is 24.4 Å². The molecule has 0 radical (unpaired) electrons. The second-order valence-corrected chi connectivity index (χ2v) is 4.25. The molecule has 0 saturated carbocycles. The van der Waals surface area contributed by atoms with Crippen molar-refractivity contribution in [2.24, 2.45) is 5.10 Å². The van der Waals surface area contributed by atoms with Crippen molar-refractivity contribution < 1.29 is 0 Å². The van der Waals surface area contributed by atoms with E-state index in [0.717, 1.165) is 9.21 Å². The molecule has 0 spiro atoms. The van der Waals surface area contributed by atoms with E-state index >= 15 is 0 Å². The quantitative estimate of drug-likeness (QED) is 0.465. The maximum atomic E-state index is 5.73. The van der Waals surface area contributed by atoms with Gasteiger partial charge in [-0.1, -0.05) is 11.6 Å². The van der Waals surface area contributed by atoms with Gasteiger partial charge in [-0.2, -0.15) is 5.10 Å². The average molecular weight is 234 g/mol. The molecule has 0 bridgehead atoms.